The lowest BCUT2D eigenvalue weighted by atomic mass is 9.93. The predicted molar refractivity (Wildman–Crippen MR) is 82.8 cm³/mol. The van der Waals surface area contributed by atoms with Crippen LogP contribution in [0.5, 0.6) is 0 Å². The lowest BCUT2D eigenvalue weighted by Gasteiger charge is -2.22. The van der Waals surface area contributed by atoms with Gasteiger partial charge in [0, 0.05) is 11.4 Å². The fraction of sp³-hybridized carbons (Fsp3) is 0.562. The van der Waals surface area contributed by atoms with Crippen LogP contribution >= 0.6 is 11.6 Å². The van der Waals surface area contributed by atoms with Gasteiger partial charge >= 0.3 is 0 Å². The fourth-order valence-corrected chi connectivity index (χ4v) is 2.88. The minimum Gasteiger partial charge on any atom is -0.350 e. The van der Waals surface area contributed by atoms with Crippen LogP contribution in [0.3, 0.4) is 0 Å². The Balaban J connectivity index is 1.76. The summed E-state index contributed by atoms with van der Waals surface area (Å²) in [5.74, 6) is 0.833. The molecule has 2 N–H and O–H groups in total. The molecule has 1 amide bonds. The third-order valence-corrected chi connectivity index (χ3v) is 4.20. The highest BCUT2D eigenvalue weighted by Crippen LogP contribution is 2.19. The van der Waals surface area contributed by atoms with Gasteiger partial charge in [0.25, 0.3) is 0 Å². The van der Waals surface area contributed by atoms with Crippen molar-refractivity contribution in [2.24, 2.45) is 5.92 Å². The number of carbonyl (C=O) groups is 1. The number of benzene rings is 1. The topological polar surface area (TPSA) is 41.1 Å². The molecule has 0 saturated carbocycles. The molecule has 1 aliphatic heterocycles. The second-order valence-electron chi connectivity index (χ2n) is 5.58. The van der Waals surface area contributed by atoms with Crippen molar-refractivity contribution in [3.8, 4) is 0 Å². The molecule has 110 valence electrons. The number of piperidine rings is 1. The van der Waals surface area contributed by atoms with Gasteiger partial charge in [-0.2, -0.15) is 0 Å². The van der Waals surface area contributed by atoms with E-state index in [4.69, 9.17) is 11.6 Å². The zero-order valence-electron chi connectivity index (χ0n) is 12.0. The smallest absolute Gasteiger partial charge is 0.220 e. The molecule has 0 bridgehead atoms. The van der Waals surface area contributed by atoms with Gasteiger partial charge in [0.2, 0.25) is 5.91 Å². The standard InChI is InChI=1S/C16H23ClN2O/c1-12(14-3-2-4-15(17)11-14)19-16(20)6-5-13-7-9-18-10-8-13/h2-4,11-13,18H,5-10H2,1H3,(H,19,20). The van der Waals surface area contributed by atoms with Crippen LogP contribution in [0.2, 0.25) is 5.02 Å². The van der Waals surface area contributed by atoms with Crippen LogP contribution in [0, 0.1) is 5.92 Å². The molecule has 0 radical (unpaired) electrons. The SMILES string of the molecule is CC(NC(=O)CCC1CCNCC1)c1cccc(Cl)c1. The zero-order chi connectivity index (χ0) is 14.4. The summed E-state index contributed by atoms with van der Waals surface area (Å²) in [5.41, 5.74) is 1.05. The van der Waals surface area contributed by atoms with Gasteiger partial charge in [-0.05, 0) is 62.9 Å². The van der Waals surface area contributed by atoms with Crippen molar-refractivity contribution in [2.45, 2.75) is 38.6 Å². The van der Waals surface area contributed by atoms with Crippen molar-refractivity contribution in [3.63, 3.8) is 0 Å². The Labute approximate surface area is 126 Å². The highest BCUT2D eigenvalue weighted by molar-refractivity contribution is 6.30. The highest BCUT2D eigenvalue weighted by Gasteiger charge is 2.15. The van der Waals surface area contributed by atoms with E-state index in [-0.39, 0.29) is 11.9 Å². The van der Waals surface area contributed by atoms with E-state index in [9.17, 15) is 4.79 Å². The molecule has 0 aliphatic carbocycles. The van der Waals surface area contributed by atoms with Crippen LogP contribution in [0.15, 0.2) is 24.3 Å². The molecule has 2 rings (SSSR count). The largest absolute Gasteiger partial charge is 0.350 e. The zero-order valence-corrected chi connectivity index (χ0v) is 12.7. The van der Waals surface area contributed by atoms with Crippen LogP contribution in [-0.4, -0.2) is 19.0 Å². The molecule has 0 spiro atoms. The number of carbonyl (C=O) groups excluding carboxylic acids is 1. The van der Waals surface area contributed by atoms with Crippen molar-refractivity contribution < 1.29 is 4.79 Å². The number of nitrogens with one attached hydrogen (secondary N) is 2. The van der Waals surface area contributed by atoms with Crippen molar-refractivity contribution in [2.75, 3.05) is 13.1 Å². The lowest BCUT2D eigenvalue weighted by molar-refractivity contribution is -0.122. The fourth-order valence-electron chi connectivity index (χ4n) is 2.68. The van der Waals surface area contributed by atoms with E-state index in [0.717, 1.165) is 25.1 Å². The molecule has 1 unspecified atom stereocenters. The molecular formula is C16H23ClN2O. The van der Waals surface area contributed by atoms with Gasteiger partial charge in [-0.25, -0.2) is 0 Å². The van der Waals surface area contributed by atoms with Crippen molar-refractivity contribution in [3.05, 3.63) is 34.9 Å². The van der Waals surface area contributed by atoms with Crippen molar-refractivity contribution in [1.82, 2.24) is 10.6 Å². The summed E-state index contributed by atoms with van der Waals surface area (Å²) in [5, 5.41) is 7.10. The number of hydrogen-bond acceptors (Lipinski definition) is 2. The Hall–Kier alpha value is -1.06. The van der Waals surface area contributed by atoms with Gasteiger partial charge in [-0.15, -0.1) is 0 Å². The quantitative estimate of drug-likeness (QED) is 0.875. The second-order valence-corrected chi connectivity index (χ2v) is 6.01. The van der Waals surface area contributed by atoms with E-state index in [1.807, 2.05) is 31.2 Å². The molecule has 20 heavy (non-hydrogen) atoms. The van der Waals surface area contributed by atoms with Crippen molar-refractivity contribution in [1.29, 1.82) is 0 Å². The maximum atomic E-state index is 12.0. The summed E-state index contributed by atoms with van der Waals surface area (Å²) in [6.07, 6.45) is 4.00. The summed E-state index contributed by atoms with van der Waals surface area (Å²) in [6.45, 7) is 4.17. The van der Waals surface area contributed by atoms with E-state index in [1.54, 1.807) is 0 Å². The maximum absolute atomic E-state index is 12.0. The van der Waals surface area contributed by atoms with Crippen LogP contribution in [0.4, 0.5) is 0 Å². The average molecular weight is 295 g/mol. The molecule has 1 fully saturated rings. The molecule has 4 heteroatoms. The lowest BCUT2D eigenvalue weighted by Crippen LogP contribution is -2.30. The first kappa shape index (κ1) is 15.3. The first-order valence-electron chi connectivity index (χ1n) is 7.40. The molecular weight excluding hydrogens is 272 g/mol. The van der Waals surface area contributed by atoms with E-state index in [1.165, 1.54) is 12.8 Å². The minimum atomic E-state index is 0.00854. The Morgan fingerprint density at radius 1 is 1.45 bits per heavy atom. The van der Waals surface area contributed by atoms with Crippen molar-refractivity contribution >= 4 is 17.5 Å². The summed E-state index contributed by atoms with van der Waals surface area (Å²) in [7, 11) is 0. The Bertz CT molecular complexity index is 444. The van der Waals surface area contributed by atoms with E-state index >= 15 is 0 Å². The monoisotopic (exact) mass is 294 g/mol. The van der Waals surface area contributed by atoms with Crippen LogP contribution in [0.25, 0.3) is 0 Å². The van der Waals surface area contributed by atoms with Crippen LogP contribution in [0.1, 0.15) is 44.2 Å². The van der Waals surface area contributed by atoms with Crippen LogP contribution in [-0.2, 0) is 4.79 Å². The molecule has 3 nitrogen and oxygen atoms in total. The number of hydrogen-bond donors (Lipinski definition) is 2. The van der Waals surface area contributed by atoms with Gasteiger partial charge in [0.1, 0.15) is 0 Å². The van der Waals surface area contributed by atoms with E-state index in [0.29, 0.717) is 17.4 Å². The van der Waals surface area contributed by atoms with Crippen LogP contribution < -0.4 is 10.6 Å². The van der Waals surface area contributed by atoms with Gasteiger partial charge in [-0.1, -0.05) is 23.7 Å². The Morgan fingerprint density at radius 3 is 2.90 bits per heavy atom. The highest BCUT2D eigenvalue weighted by atomic mass is 35.5. The number of amides is 1. The molecule has 1 aromatic rings. The Morgan fingerprint density at radius 2 is 2.20 bits per heavy atom. The van der Waals surface area contributed by atoms with E-state index in [2.05, 4.69) is 10.6 Å². The molecule has 1 aliphatic rings. The third-order valence-electron chi connectivity index (χ3n) is 3.96. The maximum Gasteiger partial charge on any atom is 0.220 e. The van der Waals surface area contributed by atoms with Gasteiger partial charge in [-0.3, -0.25) is 4.79 Å². The summed E-state index contributed by atoms with van der Waals surface area (Å²) in [4.78, 5) is 12.0. The molecule has 1 heterocycles. The summed E-state index contributed by atoms with van der Waals surface area (Å²) in [6, 6.07) is 7.66. The molecule has 0 aromatic heterocycles. The second kappa shape index (κ2) is 7.65. The number of halogens is 1. The normalized spacial score (nSPS) is 17.7. The summed E-state index contributed by atoms with van der Waals surface area (Å²) < 4.78 is 0. The molecule has 1 saturated heterocycles. The first-order valence-corrected chi connectivity index (χ1v) is 7.78. The van der Waals surface area contributed by atoms with E-state index < -0.39 is 0 Å². The predicted octanol–water partition coefficient (Wildman–Crippen LogP) is 3.30. The Kier molecular flexibility index (Phi) is 5.86. The van der Waals surface area contributed by atoms with Gasteiger partial charge in [0.15, 0.2) is 0 Å². The third kappa shape index (κ3) is 4.80. The summed E-state index contributed by atoms with van der Waals surface area (Å²) >= 11 is 5.97. The first-order chi connectivity index (χ1) is 9.65. The van der Waals surface area contributed by atoms with Gasteiger partial charge < -0.3 is 10.6 Å². The minimum absolute atomic E-state index is 0.00854. The molecule has 1 aromatic carbocycles. The average Bonchev–Trinajstić information content (AvgIpc) is 2.46. The number of rotatable bonds is 5. The molecule has 1 atom stereocenters. The van der Waals surface area contributed by atoms with Gasteiger partial charge in [0.05, 0.1) is 6.04 Å².